The van der Waals surface area contributed by atoms with E-state index in [-0.39, 0.29) is 5.69 Å². The van der Waals surface area contributed by atoms with E-state index < -0.39 is 24.5 Å². The minimum Gasteiger partial charge on any atom is -0.388 e. The molecule has 0 aliphatic heterocycles. The van der Waals surface area contributed by atoms with Crippen molar-refractivity contribution in [2.75, 3.05) is 12.4 Å². The Balaban J connectivity index is 2.64. The van der Waals surface area contributed by atoms with Crippen LogP contribution in [-0.4, -0.2) is 30.2 Å². The van der Waals surface area contributed by atoms with Crippen molar-refractivity contribution in [3.8, 4) is 0 Å². The number of halogens is 3. The Morgan fingerprint density at radius 3 is 2.72 bits per heavy atom. The number of nitrogens with one attached hydrogen (secondary N) is 2. The number of alkyl halides is 3. The summed E-state index contributed by atoms with van der Waals surface area (Å²) in [5.41, 5.74) is 0.745. The van der Waals surface area contributed by atoms with Gasteiger partial charge in [-0.15, -0.1) is 0 Å². The Bertz CT molecular complexity index is 420. The molecule has 0 fully saturated rings. The molecule has 4 nitrogen and oxygen atoms in total. The summed E-state index contributed by atoms with van der Waals surface area (Å²) in [6, 6.07) is 2.13. The first-order valence-corrected chi connectivity index (χ1v) is 5.33. The third kappa shape index (κ3) is 4.60. The molecule has 1 aromatic rings. The van der Waals surface area contributed by atoms with Crippen LogP contribution in [-0.2, 0) is 0 Å². The lowest BCUT2D eigenvalue weighted by atomic mass is 10.2. The summed E-state index contributed by atoms with van der Waals surface area (Å²) in [7, 11) is 1.67. The zero-order valence-electron chi connectivity index (χ0n) is 10.0. The van der Waals surface area contributed by atoms with Crippen molar-refractivity contribution in [2.45, 2.75) is 25.6 Å². The molecule has 1 heterocycles. The lowest BCUT2D eigenvalue weighted by Crippen LogP contribution is -2.36. The van der Waals surface area contributed by atoms with Crippen LogP contribution in [0.1, 0.15) is 23.8 Å². The Morgan fingerprint density at radius 2 is 2.17 bits per heavy atom. The van der Waals surface area contributed by atoms with E-state index in [1.54, 1.807) is 13.1 Å². The van der Waals surface area contributed by atoms with Crippen LogP contribution < -0.4 is 10.6 Å². The highest BCUT2D eigenvalue weighted by Gasteiger charge is 2.30. The molecular formula is C11H14F3N3O. The van der Waals surface area contributed by atoms with E-state index in [0.29, 0.717) is 5.69 Å². The Morgan fingerprint density at radius 1 is 1.50 bits per heavy atom. The van der Waals surface area contributed by atoms with Gasteiger partial charge in [0.15, 0.2) is 0 Å². The van der Waals surface area contributed by atoms with Gasteiger partial charge in [0, 0.05) is 25.0 Å². The van der Waals surface area contributed by atoms with Gasteiger partial charge in [0.1, 0.15) is 5.69 Å². The number of amides is 1. The lowest BCUT2D eigenvalue weighted by Gasteiger charge is -2.15. The van der Waals surface area contributed by atoms with Gasteiger partial charge < -0.3 is 10.6 Å². The van der Waals surface area contributed by atoms with Crippen molar-refractivity contribution < 1.29 is 18.0 Å². The maximum atomic E-state index is 12.1. The van der Waals surface area contributed by atoms with E-state index in [1.165, 1.54) is 19.2 Å². The minimum atomic E-state index is -4.30. The summed E-state index contributed by atoms with van der Waals surface area (Å²) in [6.45, 7) is 1.30. The molecule has 0 bridgehead atoms. The molecule has 0 radical (unpaired) electrons. The molecule has 0 spiro atoms. The van der Waals surface area contributed by atoms with Gasteiger partial charge in [-0.1, -0.05) is 0 Å². The molecule has 0 aliphatic carbocycles. The van der Waals surface area contributed by atoms with E-state index in [1.807, 2.05) is 0 Å². The second kappa shape index (κ2) is 5.70. The molecule has 18 heavy (non-hydrogen) atoms. The number of nitrogens with zero attached hydrogens (tertiary/aromatic N) is 1. The van der Waals surface area contributed by atoms with Crippen LogP contribution in [0.3, 0.4) is 0 Å². The number of hydrogen-bond acceptors (Lipinski definition) is 3. The van der Waals surface area contributed by atoms with E-state index >= 15 is 0 Å². The van der Waals surface area contributed by atoms with Crippen LogP contribution in [0.25, 0.3) is 0 Å². The second-order valence-electron chi connectivity index (χ2n) is 3.87. The molecule has 0 aromatic carbocycles. The normalized spacial score (nSPS) is 12.9. The van der Waals surface area contributed by atoms with Gasteiger partial charge in [0.2, 0.25) is 0 Å². The summed E-state index contributed by atoms with van der Waals surface area (Å²) in [5.74, 6) is -0.621. The first kappa shape index (κ1) is 14.3. The van der Waals surface area contributed by atoms with Crippen LogP contribution in [0.5, 0.6) is 0 Å². The highest BCUT2D eigenvalue weighted by Crippen LogP contribution is 2.21. The van der Waals surface area contributed by atoms with Gasteiger partial charge in [-0.05, 0) is 19.1 Å². The predicted octanol–water partition coefficient (Wildman–Crippen LogP) is 2.19. The van der Waals surface area contributed by atoms with Gasteiger partial charge in [0.25, 0.3) is 5.91 Å². The molecule has 1 atom stereocenters. The van der Waals surface area contributed by atoms with Crippen LogP contribution in [0.4, 0.5) is 18.9 Å². The SMILES string of the molecule is CNc1ccnc(C(=O)NC(C)CC(F)(F)F)c1. The lowest BCUT2D eigenvalue weighted by molar-refractivity contribution is -0.138. The topological polar surface area (TPSA) is 54.0 Å². The fourth-order valence-electron chi connectivity index (χ4n) is 1.41. The highest BCUT2D eigenvalue weighted by atomic mass is 19.4. The monoisotopic (exact) mass is 261 g/mol. The summed E-state index contributed by atoms with van der Waals surface area (Å²) in [5, 5.41) is 5.07. The van der Waals surface area contributed by atoms with Gasteiger partial charge in [-0.3, -0.25) is 9.78 Å². The minimum absolute atomic E-state index is 0.0795. The number of carbonyl (C=O) groups is 1. The fraction of sp³-hybridized carbons (Fsp3) is 0.455. The Hall–Kier alpha value is -1.79. The molecule has 0 saturated heterocycles. The van der Waals surface area contributed by atoms with Gasteiger partial charge >= 0.3 is 6.18 Å². The predicted molar refractivity (Wildman–Crippen MR) is 61.4 cm³/mol. The van der Waals surface area contributed by atoms with Gasteiger partial charge in [0.05, 0.1) is 6.42 Å². The van der Waals surface area contributed by atoms with Crippen molar-refractivity contribution in [1.82, 2.24) is 10.3 Å². The average molecular weight is 261 g/mol. The van der Waals surface area contributed by atoms with Crippen molar-refractivity contribution in [3.63, 3.8) is 0 Å². The molecule has 100 valence electrons. The van der Waals surface area contributed by atoms with Crippen LogP contribution in [0, 0.1) is 0 Å². The highest BCUT2D eigenvalue weighted by molar-refractivity contribution is 5.93. The molecular weight excluding hydrogens is 247 g/mol. The maximum Gasteiger partial charge on any atom is 0.391 e. The van der Waals surface area contributed by atoms with Crippen molar-refractivity contribution in [3.05, 3.63) is 24.0 Å². The van der Waals surface area contributed by atoms with Crippen LogP contribution in [0.2, 0.25) is 0 Å². The van der Waals surface area contributed by atoms with Gasteiger partial charge in [-0.2, -0.15) is 13.2 Å². The first-order chi connectivity index (χ1) is 8.31. The Kier molecular flexibility index (Phi) is 4.52. The molecule has 2 N–H and O–H groups in total. The quantitative estimate of drug-likeness (QED) is 0.873. The van der Waals surface area contributed by atoms with E-state index in [9.17, 15) is 18.0 Å². The maximum absolute atomic E-state index is 12.1. The van der Waals surface area contributed by atoms with Crippen LogP contribution in [0.15, 0.2) is 18.3 Å². The third-order valence-electron chi connectivity index (χ3n) is 2.20. The van der Waals surface area contributed by atoms with E-state index in [2.05, 4.69) is 15.6 Å². The summed E-state index contributed by atoms with van der Waals surface area (Å²) in [6.07, 6.45) is -3.95. The zero-order valence-corrected chi connectivity index (χ0v) is 10.0. The van der Waals surface area contributed by atoms with E-state index in [4.69, 9.17) is 0 Å². The van der Waals surface area contributed by atoms with Gasteiger partial charge in [-0.25, -0.2) is 0 Å². The molecule has 1 rings (SSSR count). The third-order valence-corrected chi connectivity index (χ3v) is 2.20. The van der Waals surface area contributed by atoms with E-state index in [0.717, 1.165) is 0 Å². The number of pyridine rings is 1. The number of anilines is 1. The zero-order chi connectivity index (χ0) is 13.8. The standard InChI is InChI=1S/C11H14F3N3O/c1-7(6-11(12,13)14)17-10(18)9-5-8(15-2)3-4-16-9/h3-5,7H,6H2,1-2H3,(H,15,16)(H,17,18). The fourth-order valence-corrected chi connectivity index (χ4v) is 1.41. The first-order valence-electron chi connectivity index (χ1n) is 5.33. The summed E-state index contributed by atoms with van der Waals surface area (Å²) in [4.78, 5) is 15.4. The summed E-state index contributed by atoms with van der Waals surface area (Å²) >= 11 is 0. The molecule has 1 aromatic heterocycles. The molecule has 0 saturated carbocycles. The molecule has 1 amide bonds. The van der Waals surface area contributed by atoms with Crippen LogP contribution >= 0.6 is 0 Å². The summed E-state index contributed by atoms with van der Waals surface area (Å²) < 4.78 is 36.3. The number of hydrogen-bond donors (Lipinski definition) is 2. The van der Waals surface area contributed by atoms with Crippen molar-refractivity contribution >= 4 is 11.6 Å². The number of rotatable bonds is 4. The molecule has 0 aliphatic rings. The second-order valence-corrected chi connectivity index (χ2v) is 3.87. The van der Waals surface area contributed by atoms with Crippen molar-refractivity contribution in [1.29, 1.82) is 0 Å². The molecule has 1 unspecified atom stereocenters. The number of carbonyl (C=O) groups excluding carboxylic acids is 1. The smallest absolute Gasteiger partial charge is 0.388 e. The molecule has 7 heteroatoms. The Labute approximate surface area is 103 Å². The van der Waals surface area contributed by atoms with Crippen molar-refractivity contribution in [2.24, 2.45) is 0 Å². The largest absolute Gasteiger partial charge is 0.391 e. The number of aromatic nitrogens is 1. The average Bonchev–Trinajstić information content (AvgIpc) is 2.26.